The zero-order valence-electron chi connectivity index (χ0n) is 11.1. The average Bonchev–Trinajstić information content (AvgIpc) is 2.80. The van der Waals surface area contributed by atoms with Gasteiger partial charge in [-0.25, -0.2) is 9.67 Å². The lowest BCUT2D eigenvalue weighted by atomic mass is 10.0. The number of Topliss-reactive ketones (excluding diaryl/α,β-unsaturated/α-hetero) is 1. The van der Waals surface area contributed by atoms with E-state index in [0.717, 1.165) is 18.5 Å². The second kappa shape index (κ2) is 5.97. The monoisotopic (exact) mass is 277 g/mol. The second-order valence-corrected chi connectivity index (χ2v) is 4.90. The van der Waals surface area contributed by atoms with E-state index in [4.69, 9.17) is 11.6 Å². The van der Waals surface area contributed by atoms with Gasteiger partial charge in [0.1, 0.15) is 12.2 Å². The molecule has 4 nitrogen and oxygen atoms in total. The summed E-state index contributed by atoms with van der Waals surface area (Å²) < 4.78 is 1.78. The fourth-order valence-electron chi connectivity index (χ4n) is 1.96. The highest BCUT2D eigenvalue weighted by molar-refractivity contribution is 6.31. The summed E-state index contributed by atoms with van der Waals surface area (Å²) in [4.78, 5) is 16.5. The molecule has 0 radical (unpaired) electrons. The van der Waals surface area contributed by atoms with Gasteiger partial charge in [-0.15, -0.1) is 0 Å². The van der Waals surface area contributed by atoms with Gasteiger partial charge in [-0.05, 0) is 31.0 Å². The maximum atomic E-state index is 12.3. The summed E-state index contributed by atoms with van der Waals surface area (Å²) in [6.45, 7) is 4.74. The molecular weight excluding hydrogens is 262 g/mol. The van der Waals surface area contributed by atoms with E-state index in [-0.39, 0.29) is 12.2 Å². The molecular formula is C14H16ClN3O. The molecule has 0 N–H and O–H groups in total. The highest BCUT2D eigenvalue weighted by Crippen LogP contribution is 2.17. The fraction of sp³-hybridized carbons (Fsp3) is 0.357. The van der Waals surface area contributed by atoms with Crippen LogP contribution in [0, 0.1) is 6.92 Å². The first-order chi connectivity index (χ1) is 9.11. The van der Waals surface area contributed by atoms with Gasteiger partial charge in [-0.3, -0.25) is 4.79 Å². The summed E-state index contributed by atoms with van der Waals surface area (Å²) in [7, 11) is 0. The summed E-state index contributed by atoms with van der Waals surface area (Å²) in [5, 5.41) is 4.69. The van der Waals surface area contributed by atoms with Crippen LogP contribution < -0.4 is 0 Å². The Balaban J connectivity index is 2.21. The number of benzene rings is 1. The standard InChI is InChI=1S/C14H16ClN3O/c1-3-6-18-14(16-9-17-18)8-13(19)12-7-11(15)5-4-10(12)2/h4-5,7,9H,3,6,8H2,1-2H3. The van der Waals surface area contributed by atoms with E-state index in [0.29, 0.717) is 16.4 Å². The van der Waals surface area contributed by atoms with Crippen molar-refractivity contribution in [2.75, 3.05) is 0 Å². The van der Waals surface area contributed by atoms with Crippen LogP contribution in [-0.4, -0.2) is 20.5 Å². The van der Waals surface area contributed by atoms with Gasteiger partial charge < -0.3 is 0 Å². The van der Waals surface area contributed by atoms with Crippen molar-refractivity contribution in [1.29, 1.82) is 0 Å². The van der Waals surface area contributed by atoms with Crippen LogP contribution in [0.5, 0.6) is 0 Å². The van der Waals surface area contributed by atoms with E-state index in [1.165, 1.54) is 6.33 Å². The number of aromatic nitrogens is 3. The molecule has 5 heteroatoms. The van der Waals surface area contributed by atoms with Gasteiger partial charge >= 0.3 is 0 Å². The van der Waals surface area contributed by atoms with Crippen LogP contribution in [0.15, 0.2) is 24.5 Å². The van der Waals surface area contributed by atoms with E-state index in [1.54, 1.807) is 16.8 Å². The Hall–Kier alpha value is -1.68. The minimum absolute atomic E-state index is 0.0188. The van der Waals surface area contributed by atoms with Crippen LogP contribution >= 0.6 is 11.6 Å². The Morgan fingerprint density at radius 2 is 2.21 bits per heavy atom. The Kier molecular flexibility index (Phi) is 4.32. The lowest BCUT2D eigenvalue weighted by Gasteiger charge is -2.06. The lowest BCUT2D eigenvalue weighted by molar-refractivity contribution is 0.0988. The number of rotatable bonds is 5. The molecule has 0 saturated heterocycles. The molecule has 0 amide bonds. The molecule has 2 rings (SSSR count). The molecule has 100 valence electrons. The molecule has 1 aromatic heterocycles. The Labute approximate surface area is 117 Å². The first-order valence-corrected chi connectivity index (χ1v) is 6.65. The van der Waals surface area contributed by atoms with E-state index >= 15 is 0 Å². The van der Waals surface area contributed by atoms with Gasteiger partial charge in [0.05, 0.1) is 6.42 Å². The SMILES string of the molecule is CCCn1ncnc1CC(=O)c1cc(Cl)ccc1C. The average molecular weight is 278 g/mol. The molecule has 1 heterocycles. The summed E-state index contributed by atoms with van der Waals surface area (Å²) in [5.41, 5.74) is 1.58. The predicted molar refractivity (Wildman–Crippen MR) is 74.5 cm³/mol. The smallest absolute Gasteiger partial charge is 0.170 e. The highest BCUT2D eigenvalue weighted by atomic mass is 35.5. The van der Waals surface area contributed by atoms with Crippen LogP contribution in [0.2, 0.25) is 5.02 Å². The van der Waals surface area contributed by atoms with E-state index < -0.39 is 0 Å². The third-order valence-corrected chi connectivity index (χ3v) is 3.18. The number of nitrogens with zero attached hydrogens (tertiary/aromatic N) is 3. The molecule has 0 aliphatic rings. The first-order valence-electron chi connectivity index (χ1n) is 6.28. The summed E-state index contributed by atoms with van der Waals surface area (Å²) >= 11 is 5.94. The zero-order valence-corrected chi connectivity index (χ0v) is 11.8. The molecule has 19 heavy (non-hydrogen) atoms. The number of hydrogen-bond donors (Lipinski definition) is 0. The number of aryl methyl sites for hydroxylation is 2. The molecule has 1 aromatic carbocycles. The van der Waals surface area contributed by atoms with Gasteiger partial charge in [-0.1, -0.05) is 24.6 Å². The van der Waals surface area contributed by atoms with Crippen molar-refractivity contribution in [2.45, 2.75) is 33.2 Å². The third-order valence-electron chi connectivity index (χ3n) is 2.95. The van der Waals surface area contributed by atoms with Crippen LogP contribution in [0.4, 0.5) is 0 Å². The Bertz CT molecular complexity index is 592. The predicted octanol–water partition coefficient (Wildman–Crippen LogP) is 3.08. The third kappa shape index (κ3) is 3.20. The first kappa shape index (κ1) is 13.7. The van der Waals surface area contributed by atoms with Crippen molar-refractivity contribution < 1.29 is 4.79 Å². The van der Waals surface area contributed by atoms with Crippen LogP contribution in [-0.2, 0) is 13.0 Å². The fourth-order valence-corrected chi connectivity index (χ4v) is 2.13. The Morgan fingerprint density at radius 1 is 1.42 bits per heavy atom. The van der Waals surface area contributed by atoms with Gasteiger partial charge in [0.25, 0.3) is 0 Å². The van der Waals surface area contributed by atoms with Gasteiger partial charge in [0.15, 0.2) is 5.78 Å². The number of carbonyl (C=O) groups excluding carboxylic acids is 1. The molecule has 0 saturated carbocycles. The van der Waals surface area contributed by atoms with Gasteiger partial charge in [-0.2, -0.15) is 5.10 Å². The molecule has 0 unspecified atom stereocenters. The quantitative estimate of drug-likeness (QED) is 0.789. The molecule has 2 aromatic rings. The van der Waals surface area contributed by atoms with Crippen molar-refractivity contribution >= 4 is 17.4 Å². The van der Waals surface area contributed by atoms with Crippen molar-refractivity contribution in [2.24, 2.45) is 0 Å². The van der Waals surface area contributed by atoms with E-state index in [9.17, 15) is 4.79 Å². The van der Waals surface area contributed by atoms with Crippen molar-refractivity contribution in [1.82, 2.24) is 14.8 Å². The van der Waals surface area contributed by atoms with E-state index in [1.807, 2.05) is 13.0 Å². The second-order valence-electron chi connectivity index (χ2n) is 4.46. The normalized spacial score (nSPS) is 10.7. The topological polar surface area (TPSA) is 47.8 Å². The van der Waals surface area contributed by atoms with Gasteiger partial charge in [0.2, 0.25) is 0 Å². The molecule has 0 aliphatic heterocycles. The Morgan fingerprint density at radius 3 is 2.95 bits per heavy atom. The molecule has 0 fully saturated rings. The summed E-state index contributed by atoms with van der Waals surface area (Å²) in [6, 6.07) is 5.35. The minimum atomic E-state index is 0.0188. The summed E-state index contributed by atoms with van der Waals surface area (Å²) in [6.07, 6.45) is 2.70. The zero-order chi connectivity index (χ0) is 13.8. The van der Waals surface area contributed by atoms with Gasteiger partial charge in [0, 0.05) is 17.1 Å². The molecule has 0 bridgehead atoms. The van der Waals surface area contributed by atoms with Crippen LogP contribution in [0.3, 0.4) is 0 Å². The molecule has 0 aliphatic carbocycles. The number of halogens is 1. The lowest BCUT2D eigenvalue weighted by Crippen LogP contribution is -2.12. The highest BCUT2D eigenvalue weighted by Gasteiger charge is 2.14. The molecule has 0 atom stereocenters. The van der Waals surface area contributed by atoms with Crippen molar-refractivity contribution in [3.63, 3.8) is 0 Å². The van der Waals surface area contributed by atoms with E-state index in [2.05, 4.69) is 17.0 Å². The summed E-state index contributed by atoms with van der Waals surface area (Å²) in [5.74, 6) is 0.719. The maximum absolute atomic E-state index is 12.3. The largest absolute Gasteiger partial charge is 0.294 e. The number of hydrogen-bond acceptors (Lipinski definition) is 3. The minimum Gasteiger partial charge on any atom is -0.294 e. The molecule has 0 spiro atoms. The van der Waals surface area contributed by atoms with Crippen molar-refractivity contribution in [3.05, 3.63) is 46.5 Å². The number of ketones is 1. The van der Waals surface area contributed by atoms with Crippen LogP contribution in [0.1, 0.15) is 35.1 Å². The van der Waals surface area contributed by atoms with Crippen LogP contribution in [0.25, 0.3) is 0 Å². The number of carbonyl (C=O) groups is 1. The maximum Gasteiger partial charge on any atom is 0.170 e. The van der Waals surface area contributed by atoms with Crippen molar-refractivity contribution in [3.8, 4) is 0 Å².